The van der Waals surface area contributed by atoms with Gasteiger partial charge in [-0.1, -0.05) is 25.1 Å². The molecule has 1 unspecified atom stereocenters. The van der Waals surface area contributed by atoms with Crippen molar-refractivity contribution in [3.63, 3.8) is 0 Å². The fourth-order valence-corrected chi connectivity index (χ4v) is 2.68. The molecule has 1 aromatic rings. The highest BCUT2D eigenvalue weighted by Gasteiger charge is 2.22. The number of hydrogen-bond acceptors (Lipinski definition) is 2. The number of amides is 1. The van der Waals surface area contributed by atoms with Crippen LogP contribution >= 0.6 is 0 Å². The summed E-state index contributed by atoms with van der Waals surface area (Å²) in [5.41, 5.74) is 0.747. The van der Waals surface area contributed by atoms with Gasteiger partial charge in [0.1, 0.15) is 0 Å². The second kappa shape index (κ2) is 6.55. The number of likely N-dealkylation sites (tertiary alicyclic amines) is 1. The van der Waals surface area contributed by atoms with Crippen LogP contribution in [-0.4, -0.2) is 36.5 Å². The monoisotopic (exact) mass is 246 g/mol. The molecule has 1 N–H and O–H groups in total. The van der Waals surface area contributed by atoms with E-state index in [0.29, 0.717) is 6.04 Å². The van der Waals surface area contributed by atoms with Gasteiger partial charge in [0.15, 0.2) is 0 Å². The summed E-state index contributed by atoms with van der Waals surface area (Å²) in [7, 11) is 0. The Kier molecular flexibility index (Phi) is 4.76. The zero-order valence-electron chi connectivity index (χ0n) is 11.1. The van der Waals surface area contributed by atoms with Crippen molar-refractivity contribution in [1.82, 2.24) is 10.2 Å². The molecule has 1 aliphatic heterocycles. The highest BCUT2D eigenvalue weighted by atomic mass is 16.1. The Morgan fingerprint density at radius 1 is 1.39 bits per heavy atom. The number of rotatable bonds is 5. The van der Waals surface area contributed by atoms with Crippen LogP contribution in [0, 0.1) is 0 Å². The third-order valence-electron chi connectivity index (χ3n) is 3.70. The van der Waals surface area contributed by atoms with Crippen molar-refractivity contribution in [2.45, 2.75) is 32.2 Å². The lowest BCUT2D eigenvalue weighted by atomic mass is 10.1. The predicted molar refractivity (Wildman–Crippen MR) is 73.7 cm³/mol. The zero-order chi connectivity index (χ0) is 12.8. The lowest BCUT2D eigenvalue weighted by molar-refractivity contribution is 0.0949. The topological polar surface area (TPSA) is 32.3 Å². The minimum Gasteiger partial charge on any atom is -0.352 e. The van der Waals surface area contributed by atoms with E-state index in [0.717, 1.165) is 25.1 Å². The van der Waals surface area contributed by atoms with Crippen molar-refractivity contribution in [2.75, 3.05) is 19.6 Å². The average molecular weight is 246 g/mol. The zero-order valence-corrected chi connectivity index (χ0v) is 11.1. The maximum atomic E-state index is 11.8. The van der Waals surface area contributed by atoms with E-state index < -0.39 is 0 Å². The lowest BCUT2D eigenvalue weighted by Gasteiger charge is -2.22. The van der Waals surface area contributed by atoms with Gasteiger partial charge in [0.25, 0.3) is 5.91 Å². The van der Waals surface area contributed by atoms with E-state index in [1.54, 1.807) is 0 Å². The van der Waals surface area contributed by atoms with Crippen LogP contribution in [0.25, 0.3) is 0 Å². The van der Waals surface area contributed by atoms with Crippen LogP contribution in [0.4, 0.5) is 0 Å². The van der Waals surface area contributed by atoms with E-state index >= 15 is 0 Å². The first-order valence-corrected chi connectivity index (χ1v) is 6.88. The summed E-state index contributed by atoms with van der Waals surface area (Å²) in [5, 5.41) is 3.00. The summed E-state index contributed by atoms with van der Waals surface area (Å²) in [6.45, 7) is 5.32. The van der Waals surface area contributed by atoms with Gasteiger partial charge in [-0.25, -0.2) is 0 Å². The Bertz CT molecular complexity index is 377. The van der Waals surface area contributed by atoms with Crippen molar-refractivity contribution in [2.24, 2.45) is 0 Å². The van der Waals surface area contributed by atoms with Crippen LogP contribution in [-0.2, 0) is 0 Å². The van der Waals surface area contributed by atoms with E-state index in [-0.39, 0.29) is 5.91 Å². The fourth-order valence-electron chi connectivity index (χ4n) is 2.68. The van der Waals surface area contributed by atoms with Gasteiger partial charge in [0, 0.05) is 18.2 Å². The van der Waals surface area contributed by atoms with Gasteiger partial charge in [-0.05, 0) is 44.5 Å². The molecule has 1 atom stereocenters. The van der Waals surface area contributed by atoms with Crippen molar-refractivity contribution in [3.05, 3.63) is 35.9 Å². The largest absolute Gasteiger partial charge is 0.352 e. The van der Waals surface area contributed by atoms with Gasteiger partial charge >= 0.3 is 0 Å². The molecule has 1 aliphatic rings. The second-order valence-electron chi connectivity index (χ2n) is 4.84. The van der Waals surface area contributed by atoms with Crippen LogP contribution in [0.15, 0.2) is 30.3 Å². The lowest BCUT2D eigenvalue weighted by Crippen LogP contribution is -2.33. The standard InChI is InChI=1S/C15H22N2O/c1-2-17-12-6-9-14(17)10-11-16-15(18)13-7-4-3-5-8-13/h3-5,7-8,14H,2,6,9-12H2,1H3,(H,16,18). The van der Waals surface area contributed by atoms with Crippen molar-refractivity contribution >= 4 is 5.91 Å². The van der Waals surface area contributed by atoms with Crippen LogP contribution in [0.1, 0.15) is 36.5 Å². The van der Waals surface area contributed by atoms with Crippen LogP contribution in [0.3, 0.4) is 0 Å². The first kappa shape index (κ1) is 13.1. The van der Waals surface area contributed by atoms with E-state index in [1.807, 2.05) is 30.3 Å². The molecule has 1 fully saturated rings. The van der Waals surface area contributed by atoms with Crippen LogP contribution in [0.5, 0.6) is 0 Å². The number of carbonyl (C=O) groups excluding carboxylic acids is 1. The number of nitrogens with zero attached hydrogens (tertiary/aromatic N) is 1. The number of benzene rings is 1. The molecule has 1 aromatic carbocycles. The molecule has 1 saturated heterocycles. The molecular weight excluding hydrogens is 224 g/mol. The third kappa shape index (κ3) is 3.33. The minimum atomic E-state index is 0.0386. The van der Waals surface area contributed by atoms with Crippen LogP contribution in [0.2, 0.25) is 0 Å². The van der Waals surface area contributed by atoms with E-state index in [2.05, 4.69) is 17.1 Å². The van der Waals surface area contributed by atoms with Gasteiger partial charge in [-0.3, -0.25) is 4.79 Å². The van der Waals surface area contributed by atoms with Crippen molar-refractivity contribution < 1.29 is 4.79 Å². The fraction of sp³-hybridized carbons (Fsp3) is 0.533. The number of nitrogens with one attached hydrogen (secondary N) is 1. The maximum absolute atomic E-state index is 11.8. The second-order valence-corrected chi connectivity index (χ2v) is 4.84. The molecule has 3 heteroatoms. The highest BCUT2D eigenvalue weighted by Crippen LogP contribution is 2.18. The third-order valence-corrected chi connectivity index (χ3v) is 3.70. The Labute approximate surface area is 109 Å². The van der Waals surface area contributed by atoms with E-state index in [4.69, 9.17) is 0 Å². The van der Waals surface area contributed by atoms with Gasteiger partial charge in [-0.15, -0.1) is 0 Å². The Hall–Kier alpha value is -1.35. The summed E-state index contributed by atoms with van der Waals surface area (Å²) >= 11 is 0. The quantitative estimate of drug-likeness (QED) is 0.864. The summed E-state index contributed by atoms with van der Waals surface area (Å²) < 4.78 is 0. The molecule has 3 nitrogen and oxygen atoms in total. The number of carbonyl (C=O) groups is 1. The first-order valence-electron chi connectivity index (χ1n) is 6.88. The molecule has 18 heavy (non-hydrogen) atoms. The summed E-state index contributed by atoms with van der Waals surface area (Å²) in [6.07, 6.45) is 3.63. The first-order chi connectivity index (χ1) is 8.81. The Morgan fingerprint density at radius 2 is 2.17 bits per heavy atom. The average Bonchev–Trinajstić information content (AvgIpc) is 2.87. The molecule has 0 bridgehead atoms. The van der Waals surface area contributed by atoms with Gasteiger partial charge in [-0.2, -0.15) is 0 Å². The molecule has 0 saturated carbocycles. The summed E-state index contributed by atoms with van der Waals surface area (Å²) in [4.78, 5) is 14.4. The maximum Gasteiger partial charge on any atom is 0.251 e. The van der Waals surface area contributed by atoms with Gasteiger partial charge in [0.2, 0.25) is 0 Å². The molecule has 0 aromatic heterocycles. The van der Waals surface area contributed by atoms with Crippen molar-refractivity contribution in [1.29, 1.82) is 0 Å². The van der Waals surface area contributed by atoms with E-state index in [9.17, 15) is 4.79 Å². The van der Waals surface area contributed by atoms with Gasteiger partial charge < -0.3 is 10.2 Å². The normalized spacial score (nSPS) is 19.9. The number of hydrogen-bond donors (Lipinski definition) is 1. The predicted octanol–water partition coefficient (Wildman–Crippen LogP) is 2.29. The molecule has 2 rings (SSSR count). The van der Waals surface area contributed by atoms with Gasteiger partial charge in [0.05, 0.1) is 0 Å². The van der Waals surface area contributed by atoms with Crippen LogP contribution < -0.4 is 5.32 Å². The Balaban J connectivity index is 1.74. The molecule has 0 spiro atoms. The summed E-state index contributed by atoms with van der Waals surface area (Å²) in [6, 6.07) is 10.1. The summed E-state index contributed by atoms with van der Waals surface area (Å²) in [5.74, 6) is 0.0386. The molecule has 1 heterocycles. The minimum absolute atomic E-state index is 0.0386. The SMILES string of the molecule is CCN1CCCC1CCNC(=O)c1ccccc1. The van der Waals surface area contributed by atoms with E-state index in [1.165, 1.54) is 19.4 Å². The highest BCUT2D eigenvalue weighted by molar-refractivity contribution is 5.94. The Morgan fingerprint density at radius 3 is 2.89 bits per heavy atom. The van der Waals surface area contributed by atoms with Crippen molar-refractivity contribution in [3.8, 4) is 0 Å². The molecule has 98 valence electrons. The smallest absolute Gasteiger partial charge is 0.251 e. The molecular formula is C15H22N2O. The molecule has 0 aliphatic carbocycles. The molecule has 0 radical (unpaired) electrons. The molecule has 1 amide bonds.